The van der Waals surface area contributed by atoms with Gasteiger partial charge in [-0.15, -0.1) is 0 Å². The lowest BCUT2D eigenvalue weighted by Gasteiger charge is -2.28. The van der Waals surface area contributed by atoms with Crippen LogP contribution in [0.1, 0.15) is 50.4 Å². The number of hydrogen-bond donors (Lipinski definition) is 0. The van der Waals surface area contributed by atoms with Gasteiger partial charge >= 0.3 is 0 Å². The van der Waals surface area contributed by atoms with Crippen LogP contribution in [-0.2, 0) is 6.54 Å². The summed E-state index contributed by atoms with van der Waals surface area (Å²) in [5.74, 6) is 1.94. The van der Waals surface area contributed by atoms with Crippen molar-refractivity contribution >= 4 is 0 Å². The van der Waals surface area contributed by atoms with Gasteiger partial charge in [-0.1, -0.05) is 26.2 Å². The highest BCUT2D eigenvalue weighted by molar-refractivity contribution is 5.13. The molecule has 2 rings (SSSR count). The standard InChI is InChI=1S/C15H25N/c1-4-14-7-9-15(10-8-14)11-16-12(2)5-6-13(16)3/h5-6,14-15H,4,7-11H2,1-3H3. The average Bonchev–Trinajstić information content (AvgIpc) is 2.62. The molecule has 90 valence electrons. The molecule has 0 aliphatic heterocycles. The Morgan fingerprint density at radius 2 is 1.50 bits per heavy atom. The maximum absolute atomic E-state index is 2.50. The van der Waals surface area contributed by atoms with E-state index in [0.717, 1.165) is 11.8 Å². The molecule has 16 heavy (non-hydrogen) atoms. The smallest absolute Gasteiger partial charge is 0.0252 e. The van der Waals surface area contributed by atoms with E-state index in [2.05, 4.69) is 37.5 Å². The lowest BCUT2D eigenvalue weighted by molar-refractivity contribution is 0.246. The first-order chi connectivity index (χ1) is 7.70. The molecular weight excluding hydrogens is 194 g/mol. The first-order valence-corrected chi connectivity index (χ1v) is 6.83. The van der Waals surface area contributed by atoms with E-state index in [9.17, 15) is 0 Å². The van der Waals surface area contributed by atoms with Crippen LogP contribution in [0.15, 0.2) is 12.1 Å². The molecule has 1 aliphatic carbocycles. The van der Waals surface area contributed by atoms with E-state index < -0.39 is 0 Å². The fourth-order valence-corrected chi connectivity index (χ4v) is 3.07. The SMILES string of the molecule is CCC1CCC(Cn2c(C)ccc2C)CC1. The van der Waals surface area contributed by atoms with E-state index in [1.165, 1.54) is 50.0 Å². The maximum atomic E-state index is 2.50. The van der Waals surface area contributed by atoms with Crippen LogP contribution in [-0.4, -0.2) is 4.57 Å². The van der Waals surface area contributed by atoms with Crippen molar-refractivity contribution in [3.8, 4) is 0 Å². The van der Waals surface area contributed by atoms with Gasteiger partial charge in [-0.05, 0) is 50.7 Å². The normalized spacial score (nSPS) is 25.9. The molecule has 1 aromatic heterocycles. The summed E-state index contributed by atoms with van der Waals surface area (Å²) in [5.41, 5.74) is 2.85. The van der Waals surface area contributed by atoms with Crippen LogP contribution in [0.25, 0.3) is 0 Å². The number of nitrogens with zero attached hydrogens (tertiary/aromatic N) is 1. The molecule has 0 aromatic carbocycles. The maximum Gasteiger partial charge on any atom is 0.0252 e. The molecule has 0 spiro atoms. The molecule has 0 N–H and O–H groups in total. The van der Waals surface area contributed by atoms with Crippen LogP contribution < -0.4 is 0 Å². The van der Waals surface area contributed by atoms with Crippen molar-refractivity contribution in [3.63, 3.8) is 0 Å². The van der Waals surface area contributed by atoms with Crippen molar-refractivity contribution in [2.45, 2.75) is 59.4 Å². The van der Waals surface area contributed by atoms with Gasteiger partial charge in [0.1, 0.15) is 0 Å². The Morgan fingerprint density at radius 3 is 2.00 bits per heavy atom. The highest BCUT2D eigenvalue weighted by Gasteiger charge is 2.20. The summed E-state index contributed by atoms with van der Waals surface area (Å²) in [6.45, 7) is 8.04. The van der Waals surface area contributed by atoms with E-state index in [1.54, 1.807) is 0 Å². The summed E-state index contributed by atoms with van der Waals surface area (Å²) in [6, 6.07) is 4.49. The number of rotatable bonds is 3. The third-order valence-electron chi connectivity index (χ3n) is 4.40. The van der Waals surface area contributed by atoms with Crippen LogP contribution in [0.2, 0.25) is 0 Å². The van der Waals surface area contributed by atoms with Crippen LogP contribution >= 0.6 is 0 Å². The molecule has 0 radical (unpaired) electrons. The molecular formula is C15H25N. The monoisotopic (exact) mass is 219 g/mol. The minimum absolute atomic E-state index is 0.924. The first kappa shape index (κ1) is 11.8. The highest BCUT2D eigenvalue weighted by Crippen LogP contribution is 2.32. The lowest BCUT2D eigenvalue weighted by atomic mass is 9.81. The Labute approximate surface area is 99.9 Å². The Kier molecular flexibility index (Phi) is 3.73. The molecule has 1 aliphatic rings. The Hall–Kier alpha value is -0.720. The van der Waals surface area contributed by atoms with Crippen molar-refractivity contribution < 1.29 is 0 Å². The highest BCUT2D eigenvalue weighted by atomic mass is 15.0. The summed E-state index contributed by atoms with van der Waals surface area (Å²) in [6.07, 6.45) is 7.18. The molecule has 0 bridgehead atoms. The molecule has 0 atom stereocenters. The van der Waals surface area contributed by atoms with Gasteiger partial charge in [-0.25, -0.2) is 0 Å². The van der Waals surface area contributed by atoms with Gasteiger partial charge < -0.3 is 4.57 Å². The summed E-state index contributed by atoms with van der Waals surface area (Å²) in [5, 5.41) is 0. The zero-order chi connectivity index (χ0) is 11.5. The van der Waals surface area contributed by atoms with Gasteiger partial charge in [0.15, 0.2) is 0 Å². The second-order valence-electron chi connectivity index (χ2n) is 5.52. The Morgan fingerprint density at radius 1 is 1.00 bits per heavy atom. The summed E-state index contributed by atoms with van der Waals surface area (Å²) in [4.78, 5) is 0. The van der Waals surface area contributed by atoms with Crippen LogP contribution in [0.5, 0.6) is 0 Å². The van der Waals surface area contributed by atoms with Crippen molar-refractivity contribution in [2.24, 2.45) is 11.8 Å². The average molecular weight is 219 g/mol. The van der Waals surface area contributed by atoms with Crippen LogP contribution in [0, 0.1) is 25.7 Å². The summed E-state index contributed by atoms with van der Waals surface area (Å²) >= 11 is 0. The van der Waals surface area contributed by atoms with Crippen molar-refractivity contribution in [1.29, 1.82) is 0 Å². The first-order valence-electron chi connectivity index (χ1n) is 6.83. The largest absolute Gasteiger partial charge is 0.349 e. The predicted molar refractivity (Wildman–Crippen MR) is 69.6 cm³/mol. The van der Waals surface area contributed by atoms with Gasteiger partial charge in [-0.3, -0.25) is 0 Å². The second kappa shape index (κ2) is 5.07. The molecule has 0 unspecified atom stereocenters. The van der Waals surface area contributed by atoms with E-state index in [4.69, 9.17) is 0 Å². The van der Waals surface area contributed by atoms with E-state index >= 15 is 0 Å². The molecule has 1 fully saturated rings. The van der Waals surface area contributed by atoms with Crippen molar-refractivity contribution in [3.05, 3.63) is 23.5 Å². The van der Waals surface area contributed by atoms with E-state index in [-0.39, 0.29) is 0 Å². The van der Waals surface area contributed by atoms with Crippen molar-refractivity contribution in [2.75, 3.05) is 0 Å². The van der Waals surface area contributed by atoms with Gasteiger partial charge in [0.25, 0.3) is 0 Å². The van der Waals surface area contributed by atoms with E-state index in [1.807, 2.05) is 0 Å². The summed E-state index contributed by atoms with van der Waals surface area (Å²) in [7, 11) is 0. The molecule has 1 heterocycles. The van der Waals surface area contributed by atoms with Gasteiger partial charge in [-0.2, -0.15) is 0 Å². The Balaban J connectivity index is 1.92. The number of aryl methyl sites for hydroxylation is 2. The zero-order valence-corrected chi connectivity index (χ0v) is 11.0. The van der Waals surface area contributed by atoms with Gasteiger partial charge in [0.05, 0.1) is 0 Å². The third kappa shape index (κ3) is 2.50. The van der Waals surface area contributed by atoms with Crippen molar-refractivity contribution in [1.82, 2.24) is 4.57 Å². The fraction of sp³-hybridized carbons (Fsp3) is 0.733. The van der Waals surface area contributed by atoms with Crippen LogP contribution in [0.4, 0.5) is 0 Å². The van der Waals surface area contributed by atoms with E-state index in [0.29, 0.717) is 0 Å². The van der Waals surface area contributed by atoms with Gasteiger partial charge in [0, 0.05) is 17.9 Å². The topological polar surface area (TPSA) is 4.93 Å². The summed E-state index contributed by atoms with van der Waals surface area (Å²) < 4.78 is 2.50. The minimum atomic E-state index is 0.924. The number of aromatic nitrogens is 1. The number of hydrogen-bond acceptors (Lipinski definition) is 0. The fourth-order valence-electron chi connectivity index (χ4n) is 3.07. The minimum Gasteiger partial charge on any atom is -0.349 e. The molecule has 1 aromatic rings. The lowest BCUT2D eigenvalue weighted by Crippen LogP contribution is -2.19. The second-order valence-corrected chi connectivity index (χ2v) is 5.52. The third-order valence-corrected chi connectivity index (χ3v) is 4.40. The van der Waals surface area contributed by atoms with Gasteiger partial charge in [0.2, 0.25) is 0 Å². The molecule has 1 nitrogen and oxygen atoms in total. The Bertz CT molecular complexity index is 310. The molecule has 0 saturated heterocycles. The zero-order valence-electron chi connectivity index (χ0n) is 11.0. The molecule has 1 heteroatoms. The quantitative estimate of drug-likeness (QED) is 0.713. The molecule has 0 amide bonds. The van der Waals surface area contributed by atoms with Crippen LogP contribution in [0.3, 0.4) is 0 Å². The predicted octanol–water partition coefficient (Wildman–Crippen LogP) is 4.32. The molecule has 1 saturated carbocycles.